The van der Waals surface area contributed by atoms with Crippen LogP contribution in [0.2, 0.25) is 0 Å². The second-order valence-corrected chi connectivity index (χ2v) is 7.54. The van der Waals surface area contributed by atoms with Crippen molar-refractivity contribution < 1.29 is 9.53 Å². The van der Waals surface area contributed by atoms with Gasteiger partial charge in [0.05, 0.1) is 30.0 Å². The Morgan fingerprint density at radius 3 is 2.35 bits per heavy atom. The average molecular weight is 409 g/mol. The number of carbonyl (C=O) groups excluding carboxylic acids is 1. The molecule has 1 aliphatic rings. The van der Waals surface area contributed by atoms with E-state index in [1.807, 2.05) is 84.9 Å². The molecule has 1 aliphatic heterocycles. The molecule has 2 heterocycles. The van der Waals surface area contributed by atoms with Gasteiger partial charge in [-0.25, -0.2) is 4.98 Å². The Morgan fingerprint density at radius 1 is 0.871 bits per heavy atom. The van der Waals surface area contributed by atoms with E-state index >= 15 is 0 Å². The second-order valence-electron chi connectivity index (χ2n) is 7.54. The minimum atomic E-state index is -0.144. The lowest BCUT2D eigenvalue weighted by Crippen LogP contribution is -2.36. The molecule has 5 heteroatoms. The first-order valence-electron chi connectivity index (χ1n) is 10.5. The van der Waals surface area contributed by atoms with Gasteiger partial charge < -0.3 is 15.0 Å². The molecule has 0 unspecified atom stereocenters. The number of fused-ring (bicyclic) bond motifs is 1. The van der Waals surface area contributed by atoms with Crippen LogP contribution >= 0.6 is 0 Å². The van der Waals surface area contributed by atoms with Gasteiger partial charge in [0.25, 0.3) is 5.91 Å². The first kappa shape index (κ1) is 19.3. The van der Waals surface area contributed by atoms with Crippen molar-refractivity contribution in [2.24, 2.45) is 0 Å². The maximum Gasteiger partial charge on any atom is 0.256 e. The maximum atomic E-state index is 13.2. The van der Waals surface area contributed by atoms with Crippen LogP contribution in [0.3, 0.4) is 0 Å². The number of nitrogens with zero attached hydrogens (tertiary/aromatic N) is 2. The van der Waals surface area contributed by atoms with E-state index in [9.17, 15) is 4.79 Å². The Kier molecular flexibility index (Phi) is 5.33. The number of morpholine rings is 1. The third-order valence-corrected chi connectivity index (χ3v) is 5.53. The lowest BCUT2D eigenvalue weighted by atomic mass is 10.0. The molecule has 4 aromatic rings. The summed E-state index contributed by atoms with van der Waals surface area (Å²) in [5, 5.41) is 3.89. The summed E-state index contributed by atoms with van der Waals surface area (Å²) in [5.41, 5.74) is 5.09. The number of para-hydroxylation sites is 1. The van der Waals surface area contributed by atoms with Crippen molar-refractivity contribution in [3.63, 3.8) is 0 Å². The fraction of sp³-hybridized carbons (Fsp3) is 0.154. The van der Waals surface area contributed by atoms with Crippen molar-refractivity contribution >= 4 is 28.2 Å². The van der Waals surface area contributed by atoms with Crippen molar-refractivity contribution in [3.8, 4) is 11.3 Å². The Balaban J connectivity index is 1.44. The van der Waals surface area contributed by atoms with E-state index < -0.39 is 0 Å². The number of benzene rings is 3. The number of amides is 1. The summed E-state index contributed by atoms with van der Waals surface area (Å²) >= 11 is 0. The monoisotopic (exact) mass is 409 g/mol. The standard InChI is InChI=1S/C26H23N3O2/c30-26(27-20-10-12-21(13-11-20)29-14-16-31-17-15-29)23-18-25(19-6-2-1-3-7-19)28-24-9-5-4-8-22(23)24/h1-13,18H,14-17H2,(H,27,30). The highest BCUT2D eigenvalue weighted by Gasteiger charge is 2.15. The summed E-state index contributed by atoms with van der Waals surface area (Å²) in [6.07, 6.45) is 0. The first-order valence-corrected chi connectivity index (χ1v) is 10.5. The molecule has 1 aromatic heterocycles. The maximum absolute atomic E-state index is 13.2. The molecule has 154 valence electrons. The predicted molar refractivity (Wildman–Crippen MR) is 125 cm³/mol. The van der Waals surface area contributed by atoms with Crippen molar-refractivity contribution in [3.05, 3.63) is 90.5 Å². The van der Waals surface area contributed by atoms with Gasteiger partial charge in [-0.1, -0.05) is 48.5 Å². The molecule has 1 saturated heterocycles. The molecule has 0 saturated carbocycles. The number of hydrogen-bond donors (Lipinski definition) is 1. The zero-order valence-corrected chi connectivity index (χ0v) is 17.1. The van der Waals surface area contributed by atoms with Gasteiger partial charge in [0.1, 0.15) is 0 Å². The third-order valence-electron chi connectivity index (χ3n) is 5.53. The number of aromatic nitrogens is 1. The highest BCUT2D eigenvalue weighted by Crippen LogP contribution is 2.26. The molecule has 0 radical (unpaired) electrons. The van der Waals surface area contributed by atoms with E-state index in [4.69, 9.17) is 9.72 Å². The summed E-state index contributed by atoms with van der Waals surface area (Å²) in [5.74, 6) is -0.144. The molecular formula is C26H23N3O2. The highest BCUT2D eigenvalue weighted by molar-refractivity contribution is 6.13. The molecule has 0 spiro atoms. The predicted octanol–water partition coefficient (Wildman–Crippen LogP) is 4.99. The fourth-order valence-corrected chi connectivity index (χ4v) is 3.90. The van der Waals surface area contributed by atoms with Gasteiger partial charge in [-0.2, -0.15) is 0 Å². The van der Waals surface area contributed by atoms with Crippen LogP contribution in [0, 0.1) is 0 Å². The topological polar surface area (TPSA) is 54.5 Å². The summed E-state index contributed by atoms with van der Waals surface area (Å²) in [6, 6.07) is 27.5. The minimum Gasteiger partial charge on any atom is -0.378 e. The molecule has 0 aliphatic carbocycles. The fourth-order valence-electron chi connectivity index (χ4n) is 3.90. The molecule has 1 N–H and O–H groups in total. The number of hydrogen-bond acceptors (Lipinski definition) is 4. The Labute approximate surface area is 181 Å². The smallest absolute Gasteiger partial charge is 0.256 e. The van der Waals surface area contributed by atoms with Gasteiger partial charge in [0.2, 0.25) is 0 Å². The van der Waals surface area contributed by atoms with Crippen molar-refractivity contribution in [1.29, 1.82) is 0 Å². The van der Waals surface area contributed by atoms with Crippen LogP contribution in [0.1, 0.15) is 10.4 Å². The molecule has 5 nitrogen and oxygen atoms in total. The Hall–Kier alpha value is -3.70. The van der Waals surface area contributed by atoms with E-state index in [0.29, 0.717) is 5.56 Å². The zero-order chi connectivity index (χ0) is 21.0. The molecule has 0 bridgehead atoms. The van der Waals surface area contributed by atoms with Gasteiger partial charge in [0, 0.05) is 35.4 Å². The van der Waals surface area contributed by atoms with Crippen molar-refractivity contribution in [2.75, 3.05) is 36.5 Å². The third kappa shape index (κ3) is 4.13. The van der Waals surface area contributed by atoms with Gasteiger partial charge in [-0.05, 0) is 36.4 Å². The molecule has 31 heavy (non-hydrogen) atoms. The first-order chi connectivity index (χ1) is 15.3. The second kappa shape index (κ2) is 8.58. The van der Waals surface area contributed by atoms with Crippen molar-refractivity contribution in [2.45, 2.75) is 0 Å². The molecule has 1 amide bonds. The van der Waals surface area contributed by atoms with Crippen LogP contribution in [0.5, 0.6) is 0 Å². The van der Waals surface area contributed by atoms with Crippen molar-refractivity contribution in [1.82, 2.24) is 4.98 Å². The number of anilines is 2. The Bertz CT molecular complexity index is 1200. The van der Waals surface area contributed by atoms with E-state index in [2.05, 4.69) is 10.2 Å². The van der Waals surface area contributed by atoms with Crippen LogP contribution in [-0.2, 0) is 4.74 Å². The summed E-state index contributed by atoms with van der Waals surface area (Å²) in [4.78, 5) is 20.3. The zero-order valence-electron chi connectivity index (χ0n) is 17.1. The number of pyridine rings is 1. The summed E-state index contributed by atoms with van der Waals surface area (Å²) < 4.78 is 5.42. The lowest BCUT2D eigenvalue weighted by Gasteiger charge is -2.28. The van der Waals surface area contributed by atoms with Crippen LogP contribution < -0.4 is 10.2 Å². The SMILES string of the molecule is O=C(Nc1ccc(N2CCOCC2)cc1)c1cc(-c2ccccc2)nc2ccccc12. The molecular weight excluding hydrogens is 386 g/mol. The van der Waals surface area contributed by atoms with Gasteiger partial charge in [-0.3, -0.25) is 4.79 Å². The molecule has 3 aromatic carbocycles. The van der Waals surface area contributed by atoms with Gasteiger partial charge in [0.15, 0.2) is 0 Å². The van der Waals surface area contributed by atoms with Gasteiger partial charge >= 0.3 is 0 Å². The van der Waals surface area contributed by atoms with Crippen LogP contribution in [0.25, 0.3) is 22.2 Å². The summed E-state index contributed by atoms with van der Waals surface area (Å²) in [6.45, 7) is 3.27. The number of nitrogens with one attached hydrogen (secondary N) is 1. The van der Waals surface area contributed by atoms with Crippen LogP contribution in [0.4, 0.5) is 11.4 Å². The highest BCUT2D eigenvalue weighted by atomic mass is 16.5. The number of carbonyl (C=O) groups is 1. The van der Waals surface area contributed by atoms with Crippen LogP contribution in [-0.4, -0.2) is 37.2 Å². The van der Waals surface area contributed by atoms with Crippen LogP contribution in [0.15, 0.2) is 84.9 Å². The van der Waals surface area contributed by atoms with E-state index in [0.717, 1.165) is 59.8 Å². The number of ether oxygens (including phenoxy) is 1. The quantitative estimate of drug-likeness (QED) is 0.516. The molecule has 5 rings (SSSR count). The van der Waals surface area contributed by atoms with E-state index in [-0.39, 0.29) is 5.91 Å². The average Bonchev–Trinajstić information content (AvgIpc) is 2.85. The van der Waals surface area contributed by atoms with E-state index in [1.54, 1.807) is 0 Å². The normalized spacial score (nSPS) is 13.9. The van der Waals surface area contributed by atoms with E-state index in [1.165, 1.54) is 0 Å². The largest absolute Gasteiger partial charge is 0.378 e. The lowest BCUT2D eigenvalue weighted by molar-refractivity contribution is 0.102. The minimum absolute atomic E-state index is 0.144. The number of rotatable bonds is 4. The molecule has 1 fully saturated rings. The summed E-state index contributed by atoms with van der Waals surface area (Å²) in [7, 11) is 0. The molecule has 0 atom stereocenters. The Morgan fingerprint density at radius 2 is 1.58 bits per heavy atom. The van der Waals surface area contributed by atoms with Gasteiger partial charge in [-0.15, -0.1) is 0 Å².